The summed E-state index contributed by atoms with van der Waals surface area (Å²) < 4.78 is 33.7. The van der Waals surface area contributed by atoms with E-state index in [1.54, 1.807) is 18.2 Å². The van der Waals surface area contributed by atoms with Gasteiger partial charge in [0.2, 0.25) is 0 Å². The highest BCUT2D eigenvalue weighted by molar-refractivity contribution is 6.30. The lowest BCUT2D eigenvalue weighted by molar-refractivity contribution is -0.0592. The number of fused-ring (bicyclic) bond motifs is 1. The normalized spacial score (nSPS) is 17.7. The number of halogens is 2. The smallest absolute Gasteiger partial charge is 0.335 e. The Balaban J connectivity index is 1.17. The zero-order valence-corrected chi connectivity index (χ0v) is 24.1. The van der Waals surface area contributed by atoms with Crippen LogP contribution in [-0.4, -0.2) is 58.4 Å². The number of para-hydroxylation sites is 1. The average molecular weight is 594 g/mol. The van der Waals surface area contributed by atoms with E-state index in [0.29, 0.717) is 40.9 Å². The zero-order chi connectivity index (χ0) is 29.2. The van der Waals surface area contributed by atoms with Gasteiger partial charge in [0.05, 0.1) is 37.4 Å². The van der Waals surface area contributed by atoms with Crippen LogP contribution in [-0.2, 0) is 24.4 Å². The lowest BCUT2D eigenvalue weighted by atomic mass is 9.89. The molecule has 3 heterocycles. The van der Waals surface area contributed by atoms with Gasteiger partial charge in [-0.25, -0.2) is 14.2 Å². The Labute approximate surface area is 248 Å². The van der Waals surface area contributed by atoms with Crippen molar-refractivity contribution in [3.8, 4) is 11.5 Å². The number of hydrogen-bond acceptors (Lipinski definition) is 6. The molecule has 2 aliphatic heterocycles. The number of rotatable bonds is 10. The lowest BCUT2D eigenvalue weighted by Gasteiger charge is -2.33. The van der Waals surface area contributed by atoms with E-state index in [9.17, 15) is 14.3 Å². The molecule has 10 heteroatoms. The molecule has 1 unspecified atom stereocenters. The first-order valence-electron chi connectivity index (χ1n) is 14.2. The Hall–Kier alpha value is -3.66. The van der Waals surface area contributed by atoms with Crippen molar-refractivity contribution in [2.45, 2.75) is 51.0 Å². The van der Waals surface area contributed by atoms with E-state index >= 15 is 0 Å². The summed E-state index contributed by atoms with van der Waals surface area (Å²) in [7, 11) is 1.53. The van der Waals surface area contributed by atoms with Gasteiger partial charge in [0.15, 0.2) is 0 Å². The second kappa shape index (κ2) is 12.3. The largest absolute Gasteiger partial charge is 0.494 e. The van der Waals surface area contributed by atoms with Crippen LogP contribution in [0.15, 0.2) is 54.6 Å². The molecule has 0 aliphatic carbocycles. The molecule has 0 bridgehead atoms. The Morgan fingerprint density at radius 3 is 2.60 bits per heavy atom. The number of piperidine rings is 1. The second-order valence-corrected chi connectivity index (χ2v) is 11.3. The van der Waals surface area contributed by atoms with Crippen LogP contribution in [0.2, 0.25) is 5.02 Å². The van der Waals surface area contributed by atoms with Crippen molar-refractivity contribution in [2.24, 2.45) is 0 Å². The SMILES string of the molecule is COc1cc(C(=O)O)cc2c1nc(CN1CCC(c3ccccc3OCc3ccc(Cl)cc3F)CC1)n2CC1CCO1. The van der Waals surface area contributed by atoms with Gasteiger partial charge in [0.25, 0.3) is 0 Å². The number of methoxy groups -OCH3 is 1. The Kier molecular flexibility index (Phi) is 8.33. The highest BCUT2D eigenvalue weighted by Gasteiger charge is 2.27. The van der Waals surface area contributed by atoms with Crippen LogP contribution in [0.3, 0.4) is 0 Å². The van der Waals surface area contributed by atoms with E-state index in [1.165, 1.54) is 19.2 Å². The van der Waals surface area contributed by atoms with E-state index in [0.717, 1.165) is 61.6 Å². The van der Waals surface area contributed by atoms with E-state index in [1.807, 2.05) is 18.2 Å². The molecule has 4 aromatic rings. The molecule has 42 heavy (non-hydrogen) atoms. The fourth-order valence-corrected chi connectivity index (χ4v) is 5.98. The summed E-state index contributed by atoms with van der Waals surface area (Å²) in [6.45, 7) is 3.86. The van der Waals surface area contributed by atoms with Crippen LogP contribution in [0.25, 0.3) is 11.0 Å². The second-order valence-electron chi connectivity index (χ2n) is 10.9. The highest BCUT2D eigenvalue weighted by Crippen LogP contribution is 2.36. The van der Waals surface area contributed by atoms with Gasteiger partial charge >= 0.3 is 5.97 Å². The molecular formula is C32H33ClFN3O5. The minimum Gasteiger partial charge on any atom is -0.494 e. The molecule has 8 nitrogen and oxygen atoms in total. The fourth-order valence-electron chi connectivity index (χ4n) is 5.82. The number of likely N-dealkylation sites (tertiary alicyclic amines) is 1. The number of carbonyl (C=O) groups is 1. The standard InChI is InChI=1S/C32H33ClFN3O5/c1-40-29-15-22(32(38)39)14-27-31(29)35-30(37(27)17-24-10-13-41-24)18-36-11-8-20(9-12-36)25-4-2-3-5-28(25)42-19-21-6-7-23(33)16-26(21)34/h2-7,14-16,20,24H,8-13,17-19H2,1H3,(H,38,39). The van der Waals surface area contributed by atoms with Crippen LogP contribution in [0.1, 0.15) is 52.5 Å². The minimum atomic E-state index is -1.01. The molecule has 2 fully saturated rings. The molecule has 2 aliphatic rings. The Bertz CT molecular complexity index is 1600. The molecular weight excluding hydrogens is 561 g/mol. The van der Waals surface area contributed by atoms with Gasteiger partial charge in [0, 0.05) is 17.2 Å². The van der Waals surface area contributed by atoms with Crippen molar-refractivity contribution in [1.82, 2.24) is 14.5 Å². The van der Waals surface area contributed by atoms with Crippen LogP contribution in [0.4, 0.5) is 4.39 Å². The third-order valence-electron chi connectivity index (χ3n) is 8.25. The first kappa shape index (κ1) is 28.5. The van der Waals surface area contributed by atoms with Crippen LogP contribution in [0.5, 0.6) is 11.5 Å². The highest BCUT2D eigenvalue weighted by atomic mass is 35.5. The van der Waals surface area contributed by atoms with Gasteiger partial charge in [-0.2, -0.15) is 0 Å². The molecule has 3 aromatic carbocycles. The molecule has 2 saturated heterocycles. The number of aromatic carboxylic acids is 1. The van der Waals surface area contributed by atoms with E-state index in [2.05, 4.69) is 15.5 Å². The lowest BCUT2D eigenvalue weighted by Crippen LogP contribution is -2.35. The summed E-state index contributed by atoms with van der Waals surface area (Å²) in [5.74, 6) is 1.03. The number of ether oxygens (including phenoxy) is 3. The van der Waals surface area contributed by atoms with Crippen LogP contribution in [0, 0.1) is 5.82 Å². The summed E-state index contributed by atoms with van der Waals surface area (Å²) >= 11 is 5.89. The number of hydrogen-bond donors (Lipinski definition) is 1. The third kappa shape index (κ3) is 5.95. The molecule has 0 amide bonds. The van der Waals surface area contributed by atoms with Crippen molar-refractivity contribution in [1.29, 1.82) is 0 Å². The number of benzene rings is 3. The van der Waals surface area contributed by atoms with Gasteiger partial charge in [-0.05, 0) is 74.2 Å². The van der Waals surface area contributed by atoms with E-state index in [4.69, 9.17) is 30.8 Å². The van der Waals surface area contributed by atoms with E-state index < -0.39 is 5.97 Å². The van der Waals surface area contributed by atoms with Crippen LogP contribution < -0.4 is 9.47 Å². The topological polar surface area (TPSA) is 86.0 Å². The maximum absolute atomic E-state index is 14.3. The van der Waals surface area contributed by atoms with Crippen molar-refractivity contribution in [3.63, 3.8) is 0 Å². The number of carboxylic acids is 1. The summed E-state index contributed by atoms with van der Waals surface area (Å²) in [5, 5.41) is 10.0. The van der Waals surface area contributed by atoms with Crippen LogP contribution >= 0.6 is 11.6 Å². The average Bonchev–Trinajstić information content (AvgIpc) is 3.31. The number of imidazole rings is 1. The first-order valence-corrected chi connectivity index (χ1v) is 14.6. The van der Waals surface area contributed by atoms with Gasteiger partial charge in [-0.3, -0.25) is 4.90 Å². The van der Waals surface area contributed by atoms with Crippen molar-refractivity contribution < 1.29 is 28.5 Å². The predicted molar refractivity (Wildman–Crippen MR) is 157 cm³/mol. The number of nitrogens with zero attached hydrogens (tertiary/aromatic N) is 3. The quantitative estimate of drug-likeness (QED) is 0.231. The molecule has 1 aromatic heterocycles. The molecule has 0 radical (unpaired) electrons. The summed E-state index contributed by atoms with van der Waals surface area (Å²) in [6.07, 6.45) is 2.93. The molecule has 1 atom stereocenters. The predicted octanol–water partition coefficient (Wildman–Crippen LogP) is 6.28. The molecule has 220 valence electrons. The first-order chi connectivity index (χ1) is 20.4. The van der Waals surface area contributed by atoms with Gasteiger partial charge < -0.3 is 23.9 Å². The van der Waals surface area contributed by atoms with Gasteiger partial charge in [-0.15, -0.1) is 0 Å². The van der Waals surface area contributed by atoms with Gasteiger partial charge in [-0.1, -0.05) is 35.9 Å². The summed E-state index contributed by atoms with van der Waals surface area (Å²) in [5.41, 5.74) is 3.17. The molecule has 6 rings (SSSR count). The number of aromatic nitrogens is 2. The minimum absolute atomic E-state index is 0.0872. The van der Waals surface area contributed by atoms with Crippen molar-refractivity contribution in [2.75, 3.05) is 26.8 Å². The summed E-state index contributed by atoms with van der Waals surface area (Å²) in [6, 6.07) is 15.8. The Morgan fingerprint density at radius 1 is 1.12 bits per heavy atom. The molecule has 0 spiro atoms. The van der Waals surface area contributed by atoms with Gasteiger partial charge in [0.1, 0.15) is 35.3 Å². The van der Waals surface area contributed by atoms with Crippen molar-refractivity contribution in [3.05, 3.63) is 88.0 Å². The number of carboxylic acid groups (broad SMARTS) is 1. The Morgan fingerprint density at radius 2 is 1.90 bits per heavy atom. The molecule has 0 saturated carbocycles. The maximum atomic E-state index is 14.3. The third-order valence-corrected chi connectivity index (χ3v) is 8.49. The fraction of sp³-hybridized carbons (Fsp3) is 0.375. The van der Waals surface area contributed by atoms with E-state index in [-0.39, 0.29) is 24.1 Å². The zero-order valence-electron chi connectivity index (χ0n) is 23.4. The molecule has 1 N–H and O–H groups in total. The van der Waals surface area contributed by atoms with Crippen molar-refractivity contribution >= 4 is 28.6 Å². The summed E-state index contributed by atoms with van der Waals surface area (Å²) in [4.78, 5) is 19.1. The maximum Gasteiger partial charge on any atom is 0.335 e. The monoisotopic (exact) mass is 593 g/mol.